The Morgan fingerprint density at radius 2 is 1.87 bits per heavy atom. The van der Waals surface area contributed by atoms with Crippen LogP contribution in [0.25, 0.3) is 0 Å². The largest absolute Gasteiger partial charge is 0.418 e. The number of anilines is 2. The van der Waals surface area contributed by atoms with E-state index in [4.69, 9.17) is 4.74 Å². The number of hydrogen-bond acceptors (Lipinski definition) is 4. The van der Waals surface area contributed by atoms with Crippen molar-refractivity contribution < 1.29 is 27.5 Å². The van der Waals surface area contributed by atoms with Crippen LogP contribution in [0.2, 0.25) is 0 Å². The lowest BCUT2D eigenvalue weighted by atomic mass is 10.1. The van der Waals surface area contributed by atoms with Gasteiger partial charge in [-0.25, -0.2) is 0 Å². The number of alkyl halides is 3. The number of ether oxygens (including phenoxy) is 1. The molecule has 5 nitrogen and oxygen atoms in total. The highest BCUT2D eigenvalue weighted by molar-refractivity contribution is 7.99. The minimum Gasteiger partial charge on any atom is -0.368 e. The lowest BCUT2D eigenvalue weighted by molar-refractivity contribution is -0.137. The maximum Gasteiger partial charge on any atom is 0.418 e. The standard InChI is InChI=1S/C21H21F3N2O3S/c22-21(23,24)16-13-14(25-20(28)18-7-4-11-29-18)8-9-17(16)26-19(27)10-12-30-15-5-2-1-3-6-15/h1-3,5-6,8-9,13,18H,4,7,10-12H2,(H,25,28)(H,26,27). The first-order chi connectivity index (χ1) is 14.3. The van der Waals surface area contributed by atoms with Gasteiger partial charge in [-0.3, -0.25) is 9.59 Å². The van der Waals surface area contributed by atoms with Crippen LogP contribution in [0.1, 0.15) is 24.8 Å². The van der Waals surface area contributed by atoms with Gasteiger partial charge in [0.05, 0.1) is 11.3 Å². The van der Waals surface area contributed by atoms with Gasteiger partial charge in [-0.05, 0) is 43.2 Å². The van der Waals surface area contributed by atoms with E-state index in [2.05, 4.69) is 10.6 Å². The van der Waals surface area contributed by atoms with E-state index in [0.29, 0.717) is 18.8 Å². The summed E-state index contributed by atoms with van der Waals surface area (Å²) >= 11 is 1.45. The van der Waals surface area contributed by atoms with Crippen LogP contribution in [0.3, 0.4) is 0 Å². The van der Waals surface area contributed by atoms with Crippen LogP contribution in [0.15, 0.2) is 53.4 Å². The van der Waals surface area contributed by atoms with Gasteiger partial charge in [0.1, 0.15) is 6.10 Å². The molecule has 1 saturated heterocycles. The highest BCUT2D eigenvalue weighted by Crippen LogP contribution is 2.37. The normalized spacial score (nSPS) is 16.3. The molecule has 0 aliphatic carbocycles. The zero-order valence-corrected chi connectivity index (χ0v) is 16.8. The molecule has 3 rings (SSSR count). The Morgan fingerprint density at radius 3 is 2.53 bits per heavy atom. The van der Waals surface area contributed by atoms with E-state index in [9.17, 15) is 22.8 Å². The van der Waals surface area contributed by atoms with Crippen molar-refractivity contribution in [3.05, 3.63) is 54.1 Å². The van der Waals surface area contributed by atoms with Gasteiger partial charge in [-0.1, -0.05) is 18.2 Å². The van der Waals surface area contributed by atoms with E-state index in [0.717, 1.165) is 23.4 Å². The Bertz CT molecular complexity index is 885. The summed E-state index contributed by atoms with van der Waals surface area (Å²) in [5.74, 6) is -0.553. The van der Waals surface area contributed by atoms with E-state index in [-0.39, 0.29) is 17.8 Å². The molecule has 2 aromatic rings. The molecule has 2 N–H and O–H groups in total. The van der Waals surface area contributed by atoms with Gasteiger partial charge in [0.15, 0.2) is 0 Å². The molecule has 2 aromatic carbocycles. The van der Waals surface area contributed by atoms with Crippen molar-refractivity contribution >= 4 is 35.0 Å². The molecule has 1 fully saturated rings. The molecule has 1 heterocycles. The number of benzene rings is 2. The number of carbonyl (C=O) groups is 2. The fourth-order valence-corrected chi connectivity index (χ4v) is 3.84. The minimum atomic E-state index is -4.69. The van der Waals surface area contributed by atoms with Gasteiger partial charge in [0.25, 0.3) is 5.91 Å². The molecular formula is C21H21F3N2O3S. The van der Waals surface area contributed by atoms with Gasteiger partial charge in [0, 0.05) is 29.4 Å². The Morgan fingerprint density at radius 1 is 1.10 bits per heavy atom. The average molecular weight is 438 g/mol. The summed E-state index contributed by atoms with van der Waals surface area (Å²) in [7, 11) is 0. The minimum absolute atomic E-state index is 0.000423. The predicted octanol–water partition coefficient (Wildman–Crippen LogP) is 4.94. The van der Waals surface area contributed by atoms with Crippen LogP contribution in [0, 0.1) is 0 Å². The van der Waals surface area contributed by atoms with Crippen LogP contribution in [0.4, 0.5) is 24.5 Å². The van der Waals surface area contributed by atoms with Crippen LogP contribution in [-0.4, -0.2) is 30.3 Å². The predicted molar refractivity (Wildman–Crippen MR) is 109 cm³/mol. The van der Waals surface area contributed by atoms with Crippen LogP contribution in [-0.2, 0) is 20.5 Å². The third-order valence-electron chi connectivity index (χ3n) is 4.43. The van der Waals surface area contributed by atoms with Crippen LogP contribution >= 0.6 is 11.8 Å². The molecule has 0 spiro atoms. The average Bonchev–Trinajstić information content (AvgIpc) is 3.24. The van der Waals surface area contributed by atoms with Gasteiger partial charge in [-0.15, -0.1) is 11.8 Å². The van der Waals surface area contributed by atoms with Crippen molar-refractivity contribution in [1.82, 2.24) is 0 Å². The topological polar surface area (TPSA) is 67.4 Å². The lowest BCUT2D eigenvalue weighted by Crippen LogP contribution is -2.27. The fraction of sp³-hybridized carbons (Fsp3) is 0.333. The van der Waals surface area contributed by atoms with E-state index in [1.54, 1.807) is 0 Å². The number of amides is 2. The lowest BCUT2D eigenvalue weighted by Gasteiger charge is -2.17. The van der Waals surface area contributed by atoms with Gasteiger partial charge in [0.2, 0.25) is 5.91 Å². The molecule has 1 atom stereocenters. The zero-order valence-electron chi connectivity index (χ0n) is 16.0. The van der Waals surface area contributed by atoms with E-state index in [1.165, 1.54) is 17.8 Å². The molecule has 9 heteroatoms. The highest BCUT2D eigenvalue weighted by atomic mass is 32.2. The first-order valence-corrected chi connectivity index (χ1v) is 10.4. The highest BCUT2D eigenvalue weighted by Gasteiger charge is 2.34. The molecule has 2 amide bonds. The van der Waals surface area contributed by atoms with Crippen molar-refractivity contribution in [1.29, 1.82) is 0 Å². The smallest absolute Gasteiger partial charge is 0.368 e. The summed E-state index contributed by atoms with van der Waals surface area (Å²) < 4.78 is 45.7. The second-order valence-corrected chi connectivity index (χ2v) is 7.88. The van der Waals surface area contributed by atoms with E-state index < -0.39 is 29.7 Å². The molecule has 1 unspecified atom stereocenters. The fourth-order valence-electron chi connectivity index (χ4n) is 2.96. The molecule has 0 bridgehead atoms. The summed E-state index contributed by atoms with van der Waals surface area (Å²) in [5.41, 5.74) is -1.36. The van der Waals surface area contributed by atoms with Gasteiger partial charge >= 0.3 is 6.18 Å². The van der Waals surface area contributed by atoms with Crippen LogP contribution in [0.5, 0.6) is 0 Å². The maximum atomic E-state index is 13.5. The summed E-state index contributed by atoms with van der Waals surface area (Å²) in [5, 5.41) is 4.78. The quantitative estimate of drug-likeness (QED) is 0.601. The summed E-state index contributed by atoms with van der Waals surface area (Å²) in [6, 6.07) is 12.7. The van der Waals surface area contributed by atoms with Crippen molar-refractivity contribution in [2.24, 2.45) is 0 Å². The number of rotatable bonds is 7. The molecule has 1 aliphatic rings. The molecule has 0 saturated carbocycles. The number of nitrogens with one attached hydrogen (secondary N) is 2. The first kappa shape index (κ1) is 22.2. The van der Waals surface area contributed by atoms with Crippen molar-refractivity contribution in [3.63, 3.8) is 0 Å². The number of carbonyl (C=O) groups excluding carboxylic acids is 2. The summed E-state index contributed by atoms with van der Waals surface area (Å²) in [6.45, 7) is 0.458. The third-order valence-corrected chi connectivity index (χ3v) is 5.44. The summed E-state index contributed by atoms with van der Waals surface area (Å²) in [6.07, 6.45) is -4.01. The Hall–Kier alpha value is -2.52. The number of halogens is 3. The number of thioether (sulfide) groups is 1. The van der Waals surface area contributed by atoms with Gasteiger partial charge < -0.3 is 15.4 Å². The SMILES string of the molecule is O=C(CCSc1ccccc1)Nc1ccc(NC(=O)C2CCCO2)cc1C(F)(F)F. The first-order valence-electron chi connectivity index (χ1n) is 9.44. The zero-order chi connectivity index (χ0) is 21.6. The van der Waals surface area contributed by atoms with Crippen molar-refractivity contribution in [2.75, 3.05) is 23.0 Å². The monoisotopic (exact) mass is 438 g/mol. The van der Waals surface area contributed by atoms with E-state index >= 15 is 0 Å². The molecule has 30 heavy (non-hydrogen) atoms. The summed E-state index contributed by atoms with van der Waals surface area (Å²) in [4.78, 5) is 25.2. The molecule has 0 radical (unpaired) electrons. The molecule has 1 aliphatic heterocycles. The molecule has 0 aromatic heterocycles. The second-order valence-electron chi connectivity index (χ2n) is 6.71. The molecular weight excluding hydrogens is 417 g/mol. The number of hydrogen-bond donors (Lipinski definition) is 2. The Kier molecular flexibility index (Phi) is 7.38. The van der Waals surface area contributed by atoms with Crippen molar-refractivity contribution in [3.8, 4) is 0 Å². The Labute approximate surface area is 176 Å². The molecule has 160 valence electrons. The third kappa shape index (κ3) is 6.24. The Balaban J connectivity index is 1.63. The maximum absolute atomic E-state index is 13.5. The second kappa shape index (κ2) is 9.99. The van der Waals surface area contributed by atoms with Crippen LogP contribution < -0.4 is 10.6 Å². The van der Waals surface area contributed by atoms with E-state index in [1.807, 2.05) is 30.3 Å². The van der Waals surface area contributed by atoms with Crippen molar-refractivity contribution in [2.45, 2.75) is 36.4 Å². The van der Waals surface area contributed by atoms with Gasteiger partial charge in [-0.2, -0.15) is 13.2 Å².